The molecule has 1 fully saturated rings. The minimum atomic E-state index is -0.901. The molecule has 0 aliphatic carbocycles. The Morgan fingerprint density at radius 1 is 1.43 bits per heavy atom. The summed E-state index contributed by atoms with van der Waals surface area (Å²) in [4.78, 5) is 23.3. The molecule has 112 valence electrons. The van der Waals surface area contributed by atoms with Gasteiger partial charge in [0.2, 0.25) is 0 Å². The van der Waals surface area contributed by atoms with Gasteiger partial charge in [-0.25, -0.2) is 9.80 Å². The fraction of sp³-hybridized carbons (Fsp3) is 0.182. The van der Waals surface area contributed by atoms with Crippen molar-refractivity contribution in [3.8, 4) is 11.5 Å². The van der Waals surface area contributed by atoms with E-state index < -0.39 is 29.1 Å². The Kier molecular flexibility index (Phi) is 4.03. The number of nitrogens with zero attached hydrogens (tertiary/aromatic N) is 2. The van der Waals surface area contributed by atoms with Gasteiger partial charge in [-0.15, -0.1) is 0 Å². The number of amides is 3. The van der Waals surface area contributed by atoms with Crippen LogP contribution >= 0.6 is 11.6 Å². The summed E-state index contributed by atoms with van der Waals surface area (Å²) < 4.78 is 0. The summed E-state index contributed by atoms with van der Waals surface area (Å²) in [5.74, 6) is -2.04. The lowest BCUT2D eigenvalue weighted by molar-refractivity contribution is -0.118. The van der Waals surface area contributed by atoms with Crippen LogP contribution in [0.15, 0.2) is 17.3 Å². The van der Waals surface area contributed by atoms with E-state index >= 15 is 0 Å². The molecule has 0 aromatic heterocycles. The molecule has 1 saturated heterocycles. The summed E-state index contributed by atoms with van der Waals surface area (Å²) in [5, 5.41) is 33.7. The second-order valence-corrected chi connectivity index (χ2v) is 4.45. The highest BCUT2D eigenvalue weighted by molar-refractivity contribution is 6.49. The number of benzene rings is 1. The molecule has 9 nitrogen and oxygen atoms in total. The second-order valence-electron chi connectivity index (χ2n) is 4.07. The van der Waals surface area contributed by atoms with Crippen LogP contribution in [-0.2, 0) is 4.79 Å². The minimum Gasteiger partial charge on any atom is -0.504 e. The standard InChI is InChI=1S/C11H11ClN4O5/c12-7-5(1-2-6(17)9(7)18)8(15-21)10(19)14-16-4-3-13-11(16)20/h1-2,17-18,21H,3-4H2,(H,13,20)(H,14,19)/b15-8-. The third-order valence-electron chi connectivity index (χ3n) is 2.76. The van der Waals surface area contributed by atoms with Gasteiger partial charge >= 0.3 is 6.03 Å². The Hall–Kier alpha value is -2.68. The maximum atomic E-state index is 12.0. The van der Waals surface area contributed by atoms with Crippen molar-refractivity contribution in [2.24, 2.45) is 5.16 Å². The predicted octanol–water partition coefficient (Wildman–Crippen LogP) is -0.0141. The van der Waals surface area contributed by atoms with E-state index in [1.807, 2.05) is 0 Å². The van der Waals surface area contributed by atoms with E-state index in [9.17, 15) is 19.8 Å². The number of carbonyl (C=O) groups is 2. The zero-order valence-electron chi connectivity index (χ0n) is 10.5. The Labute approximate surface area is 123 Å². The van der Waals surface area contributed by atoms with Gasteiger partial charge in [0.15, 0.2) is 17.2 Å². The second kappa shape index (κ2) is 5.75. The van der Waals surface area contributed by atoms with Crippen LogP contribution < -0.4 is 10.7 Å². The maximum Gasteiger partial charge on any atom is 0.336 e. The zero-order valence-corrected chi connectivity index (χ0v) is 11.3. The molecule has 1 aromatic rings. The molecule has 0 radical (unpaired) electrons. The molecular weight excluding hydrogens is 304 g/mol. The molecule has 1 aliphatic rings. The van der Waals surface area contributed by atoms with Gasteiger partial charge in [0.1, 0.15) is 0 Å². The zero-order chi connectivity index (χ0) is 15.6. The predicted molar refractivity (Wildman–Crippen MR) is 71.4 cm³/mol. The number of hydrogen-bond donors (Lipinski definition) is 5. The van der Waals surface area contributed by atoms with Crippen LogP contribution in [0.4, 0.5) is 4.79 Å². The number of oxime groups is 1. The number of hydrogen-bond acceptors (Lipinski definition) is 6. The van der Waals surface area contributed by atoms with E-state index in [2.05, 4.69) is 15.9 Å². The molecule has 1 aromatic carbocycles. The van der Waals surface area contributed by atoms with Crippen LogP contribution in [0.3, 0.4) is 0 Å². The smallest absolute Gasteiger partial charge is 0.336 e. The molecule has 1 aliphatic heterocycles. The molecular formula is C11H11ClN4O5. The van der Waals surface area contributed by atoms with Crippen molar-refractivity contribution < 1.29 is 25.0 Å². The highest BCUT2D eigenvalue weighted by Gasteiger charge is 2.26. The van der Waals surface area contributed by atoms with Crippen molar-refractivity contribution in [1.82, 2.24) is 15.8 Å². The monoisotopic (exact) mass is 314 g/mol. The van der Waals surface area contributed by atoms with E-state index in [0.717, 1.165) is 11.1 Å². The molecule has 10 heteroatoms. The summed E-state index contributed by atoms with van der Waals surface area (Å²) in [7, 11) is 0. The average molecular weight is 315 g/mol. The Bertz CT molecular complexity index is 633. The number of halogens is 1. The quantitative estimate of drug-likeness (QED) is 0.231. The lowest BCUT2D eigenvalue weighted by Crippen LogP contribution is -2.47. The number of rotatable bonds is 3. The fourth-order valence-electron chi connectivity index (χ4n) is 1.71. The first kappa shape index (κ1) is 14.7. The number of urea groups is 1. The number of aromatic hydroxyl groups is 2. The number of carbonyl (C=O) groups excluding carboxylic acids is 2. The van der Waals surface area contributed by atoms with Crippen LogP contribution in [0.5, 0.6) is 11.5 Å². The first-order valence-electron chi connectivity index (χ1n) is 5.75. The molecule has 0 bridgehead atoms. The van der Waals surface area contributed by atoms with Gasteiger partial charge < -0.3 is 20.7 Å². The topological polar surface area (TPSA) is 134 Å². The van der Waals surface area contributed by atoms with E-state index in [-0.39, 0.29) is 17.1 Å². The van der Waals surface area contributed by atoms with Crippen LogP contribution in [0.2, 0.25) is 5.02 Å². The molecule has 0 unspecified atom stereocenters. The highest BCUT2D eigenvalue weighted by Crippen LogP contribution is 2.35. The van der Waals surface area contributed by atoms with Crippen molar-refractivity contribution in [3.63, 3.8) is 0 Å². The maximum absolute atomic E-state index is 12.0. The molecule has 1 heterocycles. The van der Waals surface area contributed by atoms with Crippen molar-refractivity contribution in [1.29, 1.82) is 0 Å². The van der Waals surface area contributed by atoms with E-state index in [1.54, 1.807) is 0 Å². The van der Waals surface area contributed by atoms with Gasteiger partial charge in [-0.1, -0.05) is 16.8 Å². The first-order valence-corrected chi connectivity index (χ1v) is 6.12. The summed E-state index contributed by atoms with van der Waals surface area (Å²) >= 11 is 5.79. The SMILES string of the molecule is O=C(NN1CCNC1=O)/C(=N\O)c1ccc(O)c(O)c1Cl. The van der Waals surface area contributed by atoms with Crippen LogP contribution in [-0.4, -0.2) is 51.2 Å². The van der Waals surface area contributed by atoms with E-state index in [1.165, 1.54) is 6.07 Å². The Balaban J connectivity index is 2.26. The van der Waals surface area contributed by atoms with Crippen molar-refractivity contribution in [3.05, 3.63) is 22.7 Å². The van der Waals surface area contributed by atoms with Crippen molar-refractivity contribution >= 4 is 29.3 Å². The Morgan fingerprint density at radius 2 is 2.14 bits per heavy atom. The van der Waals surface area contributed by atoms with Gasteiger partial charge in [0, 0.05) is 12.1 Å². The van der Waals surface area contributed by atoms with Crippen LogP contribution in [0.25, 0.3) is 0 Å². The van der Waals surface area contributed by atoms with Crippen LogP contribution in [0.1, 0.15) is 5.56 Å². The molecule has 0 atom stereocenters. The number of phenolic OH excluding ortho intramolecular Hbond substituents is 2. The molecule has 5 N–H and O–H groups in total. The normalized spacial score (nSPS) is 15.0. The third kappa shape index (κ3) is 2.77. The van der Waals surface area contributed by atoms with Crippen molar-refractivity contribution in [2.45, 2.75) is 0 Å². The summed E-state index contributed by atoms with van der Waals surface area (Å²) in [6, 6.07) is 1.77. The summed E-state index contributed by atoms with van der Waals surface area (Å²) in [6.45, 7) is 0.614. The third-order valence-corrected chi connectivity index (χ3v) is 3.14. The number of nitrogens with one attached hydrogen (secondary N) is 2. The Morgan fingerprint density at radius 3 is 2.71 bits per heavy atom. The number of phenols is 2. The van der Waals surface area contributed by atoms with E-state index in [0.29, 0.717) is 6.54 Å². The summed E-state index contributed by atoms with van der Waals surface area (Å²) in [5.41, 5.74) is 1.60. The fourth-order valence-corrected chi connectivity index (χ4v) is 1.96. The molecule has 0 saturated carbocycles. The molecule has 2 rings (SSSR count). The highest BCUT2D eigenvalue weighted by atomic mass is 35.5. The first-order chi connectivity index (χ1) is 9.95. The molecule has 0 spiro atoms. The lowest BCUT2D eigenvalue weighted by Gasteiger charge is -2.16. The van der Waals surface area contributed by atoms with Gasteiger partial charge in [0.25, 0.3) is 5.91 Å². The molecule has 21 heavy (non-hydrogen) atoms. The summed E-state index contributed by atoms with van der Waals surface area (Å²) in [6.07, 6.45) is 0. The average Bonchev–Trinajstić information content (AvgIpc) is 2.85. The van der Waals surface area contributed by atoms with Crippen LogP contribution in [0, 0.1) is 0 Å². The van der Waals surface area contributed by atoms with Gasteiger partial charge in [0.05, 0.1) is 11.6 Å². The minimum absolute atomic E-state index is 0.105. The number of hydrazine groups is 1. The van der Waals surface area contributed by atoms with Gasteiger partial charge in [-0.05, 0) is 12.1 Å². The van der Waals surface area contributed by atoms with Gasteiger partial charge in [-0.3, -0.25) is 10.2 Å². The van der Waals surface area contributed by atoms with Gasteiger partial charge in [-0.2, -0.15) is 0 Å². The van der Waals surface area contributed by atoms with Crippen molar-refractivity contribution in [2.75, 3.05) is 13.1 Å². The molecule has 3 amide bonds. The largest absolute Gasteiger partial charge is 0.504 e. The lowest BCUT2D eigenvalue weighted by atomic mass is 10.1. The van der Waals surface area contributed by atoms with E-state index in [4.69, 9.17) is 16.8 Å².